The molecule has 82 valence electrons. The van der Waals surface area contributed by atoms with Crippen LogP contribution in [0.4, 0.5) is 0 Å². The first kappa shape index (κ1) is 12.4. The van der Waals surface area contributed by atoms with Crippen LogP contribution in [0.2, 0.25) is 0 Å². The van der Waals surface area contributed by atoms with Gasteiger partial charge in [0.05, 0.1) is 6.61 Å². The first-order valence-corrected chi connectivity index (χ1v) is 6.11. The number of halogens is 1. The first-order chi connectivity index (χ1) is 7.33. The van der Waals surface area contributed by atoms with Gasteiger partial charge in [-0.25, -0.2) is 0 Å². The summed E-state index contributed by atoms with van der Waals surface area (Å²) in [5, 5.41) is 0.843. The zero-order chi connectivity index (χ0) is 11.1. The lowest BCUT2D eigenvalue weighted by Crippen LogP contribution is -1.99. The number of aliphatic imine (C=N–C) groups is 1. The van der Waals surface area contributed by atoms with Crippen LogP contribution in [0, 0.1) is 0 Å². The van der Waals surface area contributed by atoms with E-state index in [2.05, 4.69) is 33.1 Å². The van der Waals surface area contributed by atoms with Gasteiger partial charge in [-0.05, 0) is 18.1 Å². The third-order valence-electron chi connectivity index (χ3n) is 2.13. The molecule has 1 aromatic rings. The van der Waals surface area contributed by atoms with Gasteiger partial charge in [0.2, 0.25) is 0 Å². The van der Waals surface area contributed by atoms with Crippen molar-refractivity contribution in [2.75, 3.05) is 13.7 Å². The van der Waals surface area contributed by atoms with E-state index in [9.17, 15) is 0 Å². The highest BCUT2D eigenvalue weighted by Crippen LogP contribution is 2.16. The fourth-order valence-electron chi connectivity index (χ4n) is 1.41. The molecule has 2 nitrogen and oxygen atoms in total. The molecule has 0 atom stereocenters. The molecule has 1 aromatic carbocycles. The van der Waals surface area contributed by atoms with Crippen LogP contribution in [0.25, 0.3) is 0 Å². The second-order valence-electron chi connectivity index (χ2n) is 3.18. The van der Waals surface area contributed by atoms with E-state index >= 15 is 0 Å². The van der Waals surface area contributed by atoms with E-state index in [1.807, 2.05) is 19.2 Å². The Balaban J connectivity index is 3.08. The summed E-state index contributed by atoms with van der Waals surface area (Å²) in [7, 11) is 1.71. The average Bonchev–Trinajstić information content (AvgIpc) is 2.27. The summed E-state index contributed by atoms with van der Waals surface area (Å²) in [5.74, 6) is 0. The Morgan fingerprint density at radius 2 is 2.13 bits per heavy atom. The third-order valence-corrected chi connectivity index (χ3v) is 2.74. The summed E-state index contributed by atoms with van der Waals surface area (Å²) in [6.45, 7) is 3.47. The molecule has 0 amide bonds. The fraction of sp³-hybridized carbons (Fsp3) is 0.417. The highest BCUT2D eigenvalue weighted by Gasteiger charge is 2.04. The lowest BCUT2D eigenvalue weighted by atomic mass is 10.0. The Hall–Kier alpha value is -0.670. The van der Waals surface area contributed by atoms with Gasteiger partial charge in [0.1, 0.15) is 0 Å². The Morgan fingerprint density at radius 3 is 2.73 bits per heavy atom. The molecule has 15 heavy (non-hydrogen) atoms. The highest BCUT2D eigenvalue weighted by atomic mass is 79.9. The van der Waals surface area contributed by atoms with Gasteiger partial charge in [-0.1, -0.05) is 34.1 Å². The number of rotatable bonds is 5. The van der Waals surface area contributed by atoms with E-state index in [4.69, 9.17) is 4.74 Å². The third kappa shape index (κ3) is 3.43. The molecular formula is C12H16BrNO. The molecule has 0 saturated heterocycles. The smallest absolute Gasteiger partial charge is 0.0719 e. The van der Waals surface area contributed by atoms with Crippen molar-refractivity contribution in [3.05, 3.63) is 34.9 Å². The molecule has 0 fully saturated rings. The van der Waals surface area contributed by atoms with Crippen molar-refractivity contribution in [1.29, 1.82) is 0 Å². The van der Waals surface area contributed by atoms with Gasteiger partial charge >= 0.3 is 0 Å². The van der Waals surface area contributed by atoms with Crippen molar-refractivity contribution in [3.8, 4) is 0 Å². The zero-order valence-electron chi connectivity index (χ0n) is 9.16. The molecule has 0 aliphatic carbocycles. The van der Waals surface area contributed by atoms with Gasteiger partial charge in [0.15, 0.2) is 0 Å². The summed E-state index contributed by atoms with van der Waals surface area (Å²) in [6, 6.07) is 6.23. The molecular weight excluding hydrogens is 254 g/mol. The summed E-state index contributed by atoms with van der Waals surface area (Å²) in [5.41, 5.74) is 3.62. The number of nitrogens with zero attached hydrogens (tertiary/aromatic N) is 1. The molecule has 0 heterocycles. The molecule has 0 N–H and O–H groups in total. The molecule has 3 heteroatoms. The minimum absolute atomic E-state index is 0.631. The minimum Gasteiger partial charge on any atom is -0.380 e. The van der Waals surface area contributed by atoms with Crippen LogP contribution in [0.5, 0.6) is 0 Å². The van der Waals surface area contributed by atoms with Crippen molar-refractivity contribution in [3.63, 3.8) is 0 Å². The van der Waals surface area contributed by atoms with E-state index in [1.54, 1.807) is 7.11 Å². The maximum Gasteiger partial charge on any atom is 0.0719 e. The molecule has 0 aromatic heterocycles. The van der Waals surface area contributed by atoms with Crippen LogP contribution in [0.15, 0.2) is 23.2 Å². The number of hydrogen-bond acceptors (Lipinski definition) is 2. The topological polar surface area (TPSA) is 21.6 Å². The van der Waals surface area contributed by atoms with E-state index in [0.717, 1.165) is 11.9 Å². The maximum atomic E-state index is 5.17. The molecule has 1 rings (SSSR count). The highest BCUT2D eigenvalue weighted by molar-refractivity contribution is 9.08. The SMILES string of the molecule is CCN=Cc1c(CBr)cccc1COC. The number of alkyl halides is 1. The van der Waals surface area contributed by atoms with E-state index < -0.39 is 0 Å². The number of ether oxygens (including phenoxy) is 1. The van der Waals surface area contributed by atoms with Crippen molar-refractivity contribution < 1.29 is 4.74 Å². The van der Waals surface area contributed by atoms with Gasteiger partial charge < -0.3 is 4.74 Å². The van der Waals surface area contributed by atoms with Gasteiger partial charge in [-0.15, -0.1) is 0 Å². The molecule has 0 unspecified atom stereocenters. The monoisotopic (exact) mass is 269 g/mol. The number of hydrogen-bond donors (Lipinski definition) is 0. The lowest BCUT2D eigenvalue weighted by Gasteiger charge is -2.08. The summed E-state index contributed by atoms with van der Waals surface area (Å²) < 4.78 is 5.17. The summed E-state index contributed by atoms with van der Waals surface area (Å²) in [4.78, 5) is 4.29. The summed E-state index contributed by atoms with van der Waals surface area (Å²) >= 11 is 3.48. The van der Waals surface area contributed by atoms with Crippen molar-refractivity contribution in [1.82, 2.24) is 0 Å². The molecule has 0 bridgehead atoms. The predicted molar refractivity (Wildman–Crippen MR) is 67.9 cm³/mol. The second-order valence-corrected chi connectivity index (χ2v) is 3.75. The van der Waals surface area contributed by atoms with Gasteiger partial charge in [0.25, 0.3) is 0 Å². The molecule has 0 aliphatic heterocycles. The lowest BCUT2D eigenvalue weighted by molar-refractivity contribution is 0.185. The van der Waals surface area contributed by atoms with Crippen LogP contribution in [0.1, 0.15) is 23.6 Å². The molecule has 0 spiro atoms. The standard InChI is InChI=1S/C12H16BrNO/c1-3-14-8-12-10(7-13)5-4-6-11(12)9-15-2/h4-6,8H,3,7,9H2,1-2H3. The van der Waals surface area contributed by atoms with Gasteiger partial charge in [-0.2, -0.15) is 0 Å². The fourth-order valence-corrected chi connectivity index (χ4v) is 1.90. The van der Waals surface area contributed by atoms with E-state index in [-0.39, 0.29) is 0 Å². The predicted octanol–water partition coefficient (Wildman–Crippen LogP) is 3.17. The van der Waals surface area contributed by atoms with E-state index in [0.29, 0.717) is 6.61 Å². The molecule has 0 radical (unpaired) electrons. The maximum absolute atomic E-state index is 5.17. The molecule has 0 aliphatic rings. The largest absolute Gasteiger partial charge is 0.380 e. The molecule has 0 saturated carbocycles. The number of methoxy groups -OCH3 is 1. The van der Waals surface area contributed by atoms with Gasteiger partial charge in [-0.3, -0.25) is 4.99 Å². The minimum atomic E-state index is 0.631. The van der Waals surface area contributed by atoms with Crippen LogP contribution < -0.4 is 0 Å². The second kappa shape index (κ2) is 6.75. The summed E-state index contributed by atoms with van der Waals surface area (Å²) in [6.07, 6.45) is 1.94. The zero-order valence-corrected chi connectivity index (χ0v) is 10.8. The Bertz CT molecular complexity index is 336. The van der Waals surface area contributed by atoms with Crippen LogP contribution in [-0.4, -0.2) is 19.9 Å². The number of benzene rings is 1. The van der Waals surface area contributed by atoms with Crippen LogP contribution in [0.3, 0.4) is 0 Å². The Kier molecular flexibility index (Phi) is 5.58. The van der Waals surface area contributed by atoms with Crippen molar-refractivity contribution in [2.45, 2.75) is 18.9 Å². The average molecular weight is 270 g/mol. The van der Waals surface area contributed by atoms with Crippen molar-refractivity contribution >= 4 is 22.1 Å². The normalized spacial score (nSPS) is 11.1. The van der Waals surface area contributed by atoms with Crippen LogP contribution in [-0.2, 0) is 16.7 Å². The van der Waals surface area contributed by atoms with Crippen LogP contribution >= 0.6 is 15.9 Å². The van der Waals surface area contributed by atoms with E-state index in [1.165, 1.54) is 16.7 Å². The first-order valence-electron chi connectivity index (χ1n) is 4.99. The van der Waals surface area contributed by atoms with Crippen molar-refractivity contribution in [2.24, 2.45) is 4.99 Å². The van der Waals surface area contributed by atoms with Gasteiger partial charge in [0, 0.05) is 30.8 Å². The Morgan fingerprint density at radius 1 is 1.40 bits per heavy atom. The quantitative estimate of drug-likeness (QED) is 0.595. The Labute approximate surface area is 99.5 Å².